The maximum absolute atomic E-state index is 12.1. The average Bonchev–Trinajstić information content (AvgIpc) is 2.91. The molecular formula is C14H18N2O4. The molecule has 1 heterocycles. The Morgan fingerprint density at radius 2 is 2.10 bits per heavy atom. The van der Waals surface area contributed by atoms with Crippen LogP contribution in [0.1, 0.15) is 19.8 Å². The molecule has 1 aliphatic rings. The Balaban J connectivity index is 1.98. The van der Waals surface area contributed by atoms with Crippen LogP contribution in [0.2, 0.25) is 0 Å². The van der Waals surface area contributed by atoms with Crippen LogP contribution in [0.15, 0.2) is 24.3 Å². The summed E-state index contributed by atoms with van der Waals surface area (Å²) in [6.45, 7) is 2.95. The van der Waals surface area contributed by atoms with Crippen LogP contribution in [-0.4, -0.2) is 41.2 Å². The number of nitrogens with zero attached hydrogens (tertiary/aromatic N) is 1. The number of carboxylic acids is 1. The van der Waals surface area contributed by atoms with Crippen molar-refractivity contribution in [3.8, 4) is 5.75 Å². The van der Waals surface area contributed by atoms with Gasteiger partial charge < -0.3 is 20.1 Å². The van der Waals surface area contributed by atoms with Crippen molar-refractivity contribution in [2.45, 2.75) is 25.8 Å². The third-order valence-electron chi connectivity index (χ3n) is 3.22. The highest BCUT2D eigenvalue weighted by Gasteiger charge is 2.33. The van der Waals surface area contributed by atoms with Crippen molar-refractivity contribution >= 4 is 17.7 Å². The first-order chi connectivity index (χ1) is 9.61. The number of urea groups is 1. The van der Waals surface area contributed by atoms with Crippen molar-refractivity contribution in [2.24, 2.45) is 0 Å². The quantitative estimate of drug-likeness (QED) is 0.884. The van der Waals surface area contributed by atoms with Gasteiger partial charge in [0.2, 0.25) is 0 Å². The van der Waals surface area contributed by atoms with Gasteiger partial charge in [0.25, 0.3) is 0 Å². The molecule has 1 aliphatic heterocycles. The number of carbonyl (C=O) groups excluding carboxylic acids is 1. The van der Waals surface area contributed by atoms with Crippen LogP contribution in [0, 0.1) is 0 Å². The lowest BCUT2D eigenvalue weighted by atomic mass is 10.2. The van der Waals surface area contributed by atoms with Gasteiger partial charge in [0.15, 0.2) is 0 Å². The second kappa shape index (κ2) is 6.27. The van der Waals surface area contributed by atoms with Crippen molar-refractivity contribution in [2.75, 3.05) is 18.5 Å². The van der Waals surface area contributed by atoms with Crippen LogP contribution >= 0.6 is 0 Å². The number of likely N-dealkylation sites (tertiary alicyclic amines) is 1. The van der Waals surface area contributed by atoms with Crippen molar-refractivity contribution in [1.29, 1.82) is 0 Å². The van der Waals surface area contributed by atoms with Gasteiger partial charge in [-0.3, -0.25) is 0 Å². The molecule has 108 valence electrons. The predicted octanol–water partition coefficient (Wildman–Crippen LogP) is 2.17. The predicted molar refractivity (Wildman–Crippen MR) is 74.0 cm³/mol. The summed E-state index contributed by atoms with van der Waals surface area (Å²) in [6, 6.07) is 5.88. The molecule has 2 amide bonds. The van der Waals surface area contributed by atoms with Gasteiger partial charge in [-0.1, -0.05) is 0 Å². The second-order valence-electron chi connectivity index (χ2n) is 4.58. The van der Waals surface area contributed by atoms with Crippen LogP contribution in [-0.2, 0) is 4.79 Å². The highest BCUT2D eigenvalue weighted by atomic mass is 16.5. The van der Waals surface area contributed by atoms with E-state index in [2.05, 4.69) is 5.32 Å². The molecule has 0 aliphatic carbocycles. The van der Waals surface area contributed by atoms with Gasteiger partial charge >= 0.3 is 12.0 Å². The summed E-state index contributed by atoms with van der Waals surface area (Å²) in [5.74, 6) is -0.223. The van der Waals surface area contributed by atoms with E-state index in [1.807, 2.05) is 6.92 Å². The number of rotatable bonds is 4. The molecule has 0 aromatic heterocycles. The van der Waals surface area contributed by atoms with Gasteiger partial charge in [0, 0.05) is 12.2 Å². The van der Waals surface area contributed by atoms with E-state index in [-0.39, 0.29) is 6.03 Å². The van der Waals surface area contributed by atoms with Crippen LogP contribution in [0.3, 0.4) is 0 Å². The summed E-state index contributed by atoms with van der Waals surface area (Å²) < 4.78 is 5.31. The van der Waals surface area contributed by atoms with E-state index in [4.69, 9.17) is 9.84 Å². The molecule has 1 saturated heterocycles. The number of hydrogen-bond donors (Lipinski definition) is 2. The topological polar surface area (TPSA) is 78.9 Å². The number of carbonyl (C=O) groups is 2. The highest BCUT2D eigenvalue weighted by molar-refractivity contribution is 5.92. The molecule has 20 heavy (non-hydrogen) atoms. The Morgan fingerprint density at radius 1 is 1.40 bits per heavy atom. The zero-order chi connectivity index (χ0) is 14.5. The number of hydrogen-bond acceptors (Lipinski definition) is 3. The summed E-state index contributed by atoms with van der Waals surface area (Å²) in [5, 5.41) is 11.8. The molecule has 6 heteroatoms. The van der Waals surface area contributed by atoms with Crippen LogP contribution in [0.25, 0.3) is 0 Å². The van der Waals surface area contributed by atoms with E-state index in [9.17, 15) is 9.59 Å². The summed E-state index contributed by atoms with van der Waals surface area (Å²) in [6.07, 6.45) is 1.22. The summed E-state index contributed by atoms with van der Waals surface area (Å²) in [5.41, 5.74) is 0.620. The zero-order valence-corrected chi connectivity index (χ0v) is 11.3. The van der Waals surface area contributed by atoms with Gasteiger partial charge in [0.05, 0.1) is 6.61 Å². The Hall–Kier alpha value is -2.24. The summed E-state index contributed by atoms with van der Waals surface area (Å²) >= 11 is 0. The third-order valence-corrected chi connectivity index (χ3v) is 3.22. The number of benzene rings is 1. The second-order valence-corrected chi connectivity index (χ2v) is 4.58. The Labute approximate surface area is 117 Å². The van der Waals surface area contributed by atoms with E-state index >= 15 is 0 Å². The van der Waals surface area contributed by atoms with E-state index in [0.29, 0.717) is 31.7 Å². The number of aliphatic carboxylic acids is 1. The maximum atomic E-state index is 12.1. The molecule has 0 bridgehead atoms. The minimum absolute atomic E-state index is 0.376. The fourth-order valence-corrected chi connectivity index (χ4v) is 2.26. The molecule has 1 aromatic carbocycles. The first-order valence-corrected chi connectivity index (χ1v) is 6.65. The lowest BCUT2D eigenvalue weighted by Crippen LogP contribution is -2.42. The number of ether oxygens (including phenoxy) is 1. The summed E-state index contributed by atoms with van der Waals surface area (Å²) in [4.78, 5) is 24.5. The molecule has 2 rings (SSSR count). The van der Waals surface area contributed by atoms with E-state index < -0.39 is 12.0 Å². The van der Waals surface area contributed by atoms with Crippen molar-refractivity contribution < 1.29 is 19.4 Å². The SMILES string of the molecule is CCOc1ccc(NC(=O)N2CCC[C@H]2C(=O)O)cc1. The Morgan fingerprint density at radius 3 is 2.70 bits per heavy atom. The van der Waals surface area contributed by atoms with Crippen molar-refractivity contribution in [3.63, 3.8) is 0 Å². The largest absolute Gasteiger partial charge is 0.494 e. The maximum Gasteiger partial charge on any atom is 0.326 e. The highest BCUT2D eigenvalue weighted by Crippen LogP contribution is 2.20. The molecule has 2 N–H and O–H groups in total. The zero-order valence-electron chi connectivity index (χ0n) is 11.3. The van der Waals surface area contributed by atoms with Crippen molar-refractivity contribution in [1.82, 2.24) is 4.90 Å². The number of carboxylic acid groups (broad SMARTS) is 1. The average molecular weight is 278 g/mol. The fraction of sp³-hybridized carbons (Fsp3) is 0.429. The number of amides is 2. The smallest absolute Gasteiger partial charge is 0.326 e. The molecule has 0 saturated carbocycles. The molecule has 1 fully saturated rings. The van der Waals surface area contributed by atoms with Gasteiger partial charge in [-0.15, -0.1) is 0 Å². The van der Waals surface area contributed by atoms with Crippen LogP contribution in [0.5, 0.6) is 5.75 Å². The Bertz CT molecular complexity index is 486. The lowest BCUT2D eigenvalue weighted by molar-refractivity contribution is -0.141. The molecule has 1 atom stereocenters. The minimum Gasteiger partial charge on any atom is -0.494 e. The van der Waals surface area contributed by atoms with Crippen LogP contribution < -0.4 is 10.1 Å². The molecule has 0 spiro atoms. The van der Waals surface area contributed by atoms with Gasteiger partial charge in [-0.25, -0.2) is 9.59 Å². The number of nitrogens with one attached hydrogen (secondary N) is 1. The van der Waals surface area contributed by atoms with E-state index in [1.54, 1.807) is 24.3 Å². The van der Waals surface area contributed by atoms with Gasteiger partial charge in [0.1, 0.15) is 11.8 Å². The normalized spacial score (nSPS) is 17.9. The van der Waals surface area contributed by atoms with Crippen molar-refractivity contribution in [3.05, 3.63) is 24.3 Å². The minimum atomic E-state index is -0.954. The first kappa shape index (κ1) is 14.2. The molecule has 0 radical (unpaired) electrons. The van der Waals surface area contributed by atoms with Gasteiger partial charge in [-0.05, 0) is 44.0 Å². The lowest BCUT2D eigenvalue weighted by Gasteiger charge is -2.21. The molecule has 1 aromatic rings. The van der Waals surface area contributed by atoms with E-state index in [0.717, 1.165) is 5.75 Å². The molecule has 0 unspecified atom stereocenters. The molecule has 6 nitrogen and oxygen atoms in total. The monoisotopic (exact) mass is 278 g/mol. The molecular weight excluding hydrogens is 260 g/mol. The standard InChI is InChI=1S/C14H18N2O4/c1-2-20-11-7-5-10(6-8-11)15-14(19)16-9-3-4-12(16)13(17)18/h5-8,12H,2-4,9H2,1H3,(H,15,19)(H,17,18)/t12-/m0/s1. The fourth-order valence-electron chi connectivity index (χ4n) is 2.26. The summed E-state index contributed by atoms with van der Waals surface area (Å²) in [7, 11) is 0. The van der Waals surface area contributed by atoms with Crippen LogP contribution in [0.4, 0.5) is 10.5 Å². The first-order valence-electron chi connectivity index (χ1n) is 6.65. The van der Waals surface area contributed by atoms with Gasteiger partial charge in [-0.2, -0.15) is 0 Å². The third kappa shape index (κ3) is 3.20. The van der Waals surface area contributed by atoms with E-state index in [1.165, 1.54) is 4.90 Å². The number of anilines is 1. The Kier molecular flexibility index (Phi) is 4.45.